The number of hydrogen-bond acceptors (Lipinski definition) is 4. The van der Waals surface area contributed by atoms with Crippen LogP contribution in [0.15, 0.2) is 36.4 Å². The maximum atomic E-state index is 12.2. The standard InChI is InChI=1S/C18H21NO3S/c1-4-22-18(21)17-13(3)11-16(23-17)19-15(20)10-12(2)14-8-6-5-7-9-14/h5-9,11-12H,4,10H2,1-3H3,(H,19,20). The molecule has 2 aromatic rings. The second-order valence-corrected chi connectivity index (χ2v) is 6.46. The van der Waals surface area contributed by atoms with Crippen LogP contribution >= 0.6 is 11.3 Å². The number of carbonyl (C=O) groups excluding carboxylic acids is 2. The molecule has 1 heterocycles. The van der Waals surface area contributed by atoms with Crippen LogP contribution in [-0.4, -0.2) is 18.5 Å². The number of anilines is 1. The molecule has 1 atom stereocenters. The van der Waals surface area contributed by atoms with E-state index in [0.29, 0.717) is 22.9 Å². The first-order chi connectivity index (χ1) is 11.0. The van der Waals surface area contributed by atoms with E-state index in [1.807, 2.05) is 50.2 Å². The maximum absolute atomic E-state index is 12.2. The Morgan fingerprint density at radius 3 is 2.61 bits per heavy atom. The molecular weight excluding hydrogens is 310 g/mol. The van der Waals surface area contributed by atoms with Crippen molar-refractivity contribution >= 4 is 28.2 Å². The van der Waals surface area contributed by atoms with Gasteiger partial charge < -0.3 is 10.1 Å². The third-order valence-corrected chi connectivity index (χ3v) is 4.63. The second-order valence-electron chi connectivity index (χ2n) is 5.41. The van der Waals surface area contributed by atoms with Crippen molar-refractivity contribution in [1.82, 2.24) is 0 Å². The zero-order chi connectivity index (χ0) is 16.8. The van der Waals surface area contributed by atoms with Crippen LogP contribution in [0.1, 0.15) is 47.0 Å². The third-order valence-electron chi connectivity index (χ3n) is 3.50. The van der Waals surface area contributed by atoms with Gasteiger partial charge in [0.25, 0.3) is 0 Å². The normalized spacial score (nSPS) is 11.8. The van der Waals surface area contributed by atoms with Gasteiger partial charge in [0.2, 0.25) is 5.91 Å². The molecule has 1 amide bonds. The Kier molecular flexibility index (Phi) is 5.93. The van der Waals surface area contributed by atoms with Crippen molar-refractivity contribution in [2.75, 3.05) is 11.9 Å². The van der Waals surface area contributed by atoms with E-state index in [9.17, 15) is 9.59 Å². The molecule has 5 heteroatoms. The molecule has 0 fully saturated rings. The van der Waals surface area contributed by atoms with Crippen LogP contribution in [-0.2, 0) is 9.53 Å². The molecular formula is C18H21NO3S. The number of ether oxygens (including phenoxy) is 1. The number of rotatable bonds is 6. The molecule has 1 aromatic carbocycles. The van der Waals surface area contributed by atoms with Crippen LogP contribution in [0.3, 0.4) is 0 Å². The smallest absolute Gasteiger partial charge is 0.348 e. The number of aryl methyl sites for hydroxylation is 1. The first-order valence-corrected chi connectivity index (χ1v) is 8.45. The summed E-state index contributed by atoms with van der Waals surface area (Å²) in [7, 11) is 0. The largest absolute Gasteiger partial charge is 0.462 e. The Morgan fingerprint density at radius 1 is 1.26 bits per heavy atom. The van der Waals surface area contributed by atoms with E-state index in [1.54, 1.807) is 6.92 Å². The Labute approximate surface area is 140 Å². The van der Waals surface area contributed by atoms with E-state index in [4.69, 9.17) is 4.74 Å². The lowest BCUT2D eigenvalue weighted by Gasteiger charge is -2.11. The van der Waals surface area contributed by atoms with Gasteiger partial charge in [-0.15, -0.1) is 11.3 Å². The lowest BCUT2D eigenvalue weighted by molar-refractivity contribution is -0.116. The summed E-state index contributed by atoms with van der Waals surface area (Å²) in [6.45, 7) is 5.98. The van der Waals surface area contributed by atoms with Gasteiger partial charge in [-0.2, -0.15) is 0 Å². The van der Waals surface area contributed by atoms with Crippen molar-refractivity contribution in [1.29, 1.82) is 0 Å². The molecule has 0 aliphatic heterocycles. The third kappa shape index (κ3) is 4.66. The van der Waals surface area contributed by atoms with Crippen LogP contribution in [0.4, 0.5) is 5.00 Å². The zero-order valence-corrected chi connectivity index (χ0v) is 14.4. The van der Waals surface area contributed by atoms with Gasteiger partial charge in [0.05, 0.1) is 11.6 Å². The minimum atomic E-state index is -0.340. The van der Waals surface area contributed by atoms with Crippen molar-refractivity contribution in [3.8, 4) is 0 Å². The molecule has 4 nitrogen and oxygen atoms in total. The number of benzene rings is 1. The number of nitrogens with one attached hydrogen (secondary N) is 1. The van der Waals surface area contributed by atoms with Crippen LogP contribution in [0.5, 0.6) is 0 Å². The van der Waals surface area contributed by atoms with Crippen molar-refractivity contribution in [3.63, 3.8) is 0 Å². The summed E-state index contributed by atoms with van der Waals surface area (Å²) < 4.78 is 5.01. The summed E-state index contributed by atoms with van der Waals surface area (Å²) in [5, 5.41) is 3.55. The van der Waals surface area contributed by atoms with Crippen LogP contribution < -0.4 is 5.32 Å². The van der Waals surface area contributed by atoms with Gasteiger partial charge in [0.15, 0.2) is 0 Å². The molecule has 0 spiro atoms. The van der Waals surface area contributed by atoms with Crippen molar-refractivity contribution in [3.05, 3.63) is 52.4 Å². The van der Waals surface area contributed by atoms with Gasteiger partial charge in [0, 0.05) is 6.42 Å². The van der Waals surface area contributed by atoms with Crippen molar-refractivity contribution in [2.24, 2.45) is 0 Å². The van der Waals surface area contributed by atoms with Gasteiger partial charge in [-0.25, -0.2) is 4.79 Å². The first kappa shape index (κ1) is 17.2. The van der Waals surface area contributed by atoms with E-state index < -0.39 is 0 Å². The zero-order valence-electron chi connectivity index (χ0n) is 13.6. The quantitative estimate of drug-likeness (QED) is 0.800. The van der Waals surface area contributed by atoms with Gasteiger partial charge in [0.1, 0.15) is 4.88 Å². The Balaban J connectivity index is 1.98. The number of amides is 1. The molecule has 0 aliphatic carbocycles. The van der Waals surface area contributed by atoms with Gasteiger partial charge >= 0.3 is 5.97 Å². The van der Waals surface area contributed by atoms with Gasteiger partial charge in [-0.3, -0.25) is 4.79 Å². The summed E-state index contributed by atoms with van der Waals surface area (Å²) >= 11 is 1.25. The highest BCUT2D eigenvalue weighted by Crippen LogP contribution is 2.28. The Bertz CT molecular complexity index is 679. The summed E-state index contributed by atoms with van der Waals surface area (Å²) in [6.07, 6.45) is 0.399. The van der Waals surface area contributed by atoms with E-state index >= 15 is 0 Å². The fraction of sp³-hybridized carbons (Fsp3) is 0.333. The summed E-state index contributed by atoms with van der Waals surface area (Å²) in [4.78, 5) is 24.5. The molecule has 1 unspecified atom stereocenters. The molecule has 0 saturated carbocycles. The lowest BCUT2D eigenvalue weighted by Crippen LogP contribution is -2.13. The van der Waals surface area contributed by atoms with Crippen LogP contribution in [0, 0.1) is 6.92 Å². The Morgan fingerprint density at radius 2 is 1.96 bits per heavy atom. The molecule has 1 N–H and O–H groups in total. The van der Waals surface area contributed by atoms with Gasteiger partial charge in [-0.05, 0) is 37.0 Å². The number of carbonyl (C=O) groups is 2. The minimum Gasteiger partial charge on any atom is -0.462 e. The molecule has 1 aromatic heterocycles. The van der Waals surface area contributed by atoms with Crippen LogP contribution in [0.2, 0.25) is 0 Å². The molecule has 0 bridgehead atoms. The monoisotopic (exact) mass is 331 g/mol. The van der Waals surface area contributed by atoms with Crippen LogP contribution in [0.25, 0.3) is 0 Å². The first-order valence-electron chi connectivity index (χ1n) is 7.63. The fourth-order valence-corrected chi connectivity index (χ4v) is 3.29. The summed E-state index contributed by atoms with van der Waals surface area (Å²) in [5.41, 5.74) is 1.96. The Hall–Kier alpha value is -2.14. The number of esters is 1. The van der Waals surface area contributed by atoms with E-state index in [-0.39, 0.29) is 17.8 Å². The van der Waals surface area contributed by atoms with E-state index in [2.05, 4.69) is 5.32 Å². The summed E-state index contributed by atoms with van der Waals surface area (Å²) in [6, 6.07) is 11.7. The highest BCUT2D eigenvalue weighted by atomic mass is 32.1. The molecule has 23 heavy (non-hydrogen) atoms. The average Bonchev–Trinajstić information content (AvgIpc) is 2.88. The highest BCUT2D eigenvalue weighted by molar-refractivity contribution is 7.18. The van der Waals surface area contributed by atoms with Gasteiger partial charge in [-0.1, -0.05) is 37.3 Å². The molecule has 122 valence electrons. The highest BCUT2D eigenvalue weighted by Gasteiger charge is 2.17. The number of hydrogen-bond donors (Lipinski definition) is 1. The lowest BCUT2D eigenvalue weighted by atomic mass is 9.98. The topological polar surface area (TPSA) is 55.4 Å². The maximum Gasteiger partial charge on any atom is 0.348 e. The fourth-order valence-electron chi connectivity index (χ4n) is 2.31. The SMILES string of the molecule is CCOC(=O)c1sc(NC(=O)CC(C)c2ccccc2)cc1C. The molecule has 2 rings (SSSR count). The minimum absolute atomic E-state index is 0.0574. The second kappa shape index (κ2) is 7.92. The summed E-state index contributed by atoms with van der Waals surface area (Å²) in [5.74, 6) is -0.257. The average molecular weight is 331 g/mol. The van der Waals surface area contributed by atoms with E-state index in [1.165, 1.54) is 11.3 Å². The molecule has 0 aliphatic rings. The predicted molar refractivity (Wildman–Crippen MR) is 93.1 cm³/mol. The van der Waals surface area contributed by atoms with Crippen molar-refractivity contribution < 1.29 is 14.3 Å². The van der Waals surface area contributed by atoms with E-state index in [0.717, 1.165) is 11.1 Å². The number of thiophene rings is 1. The van der Waals surface area contributed by atoms with Crippen molar-refractivity contribution in [2.45, 2.75) is 33.1 Å². The predicted octanol–water partition coefficient (Wildman–Crippen LogP) is 4.37. The molecule has 0 radical (unpaired) electrons. The molecule has 0 saturated heterocycles.